The molecule has 6 heteroatoms. The fourth-order valence-corrected chi connectivity index (χ4v) is 1.91. The zero-order valence-corrected chi connectivity index (χ0v) is 9.18. The third-order valence-corrected chi connectivity index (χ3v) is 2.78. The molecule has 1 saturated heterocycles. The Bertz CT molecular complexity index is 377. The molecule has 1 fully saturated rings. The number of rotatable bonds is 4. The lowest BCUT2D eigenvalue weighted by Crippen LogP contribution is -2.30. The molecule has 0 amide bonds. The molecule has 0 saturated carbocycles. The molecule has 1 aliphatic rings. The van der Waals surface area contributed by atoms with E-state index in [-0.39, 0.29) is 5.88 Å². The highest BCUT2D eigenvalue weighted by Gasteiger charge is 2.19. The Kier molecular flexibility index (Phi) is 3.21. The molecule has 16 heavy (non-hydrogen) atoms. The lowest BCUT2D eigenvalue weighted by molar-refractivity contribution is -0.402. The zero-order chi connectivity index (χ0) is 11.5. The van der Waals surface area contributed by atoms with Crippen molar-refractivity contribution in [3.05, 3.63) is 28.0 Å². The molecule has 88 valence electrons. The molecule has 0 spiro atoms. The minimum atomic E-state index is -0.521. The quantitative estimate of drug-likeness (QED) is 0.611. The van der Waals surface area contributed by atoms with Gasteiger partial charge in [-0.25, -0.2) is 0 Å². The van der Waals surface area contributed by atoms with E-state index >= 15 is 0 Å². The Hall–Kier alpha value is -1.40. The zero-order valence-electron chi connectivity index (χ0n) is 9.18. The molecule has 1 unspecified atom stereocenters. The van der Waals surface area contributed by atoms with E-state index in [4.69, 9.17) is 4.42 Å². The largest absolute Gasteiger partial charge is 0.433 e. The van der Waals surface area contributed by atoms with Gasteiger partial charge in [0.15, 0.2) is 0 Å². The molecule has 1 atom stereocenters. The van der Waals surface area contributed by atoms with Gasteiger partial charge in [-0.2, -0.15) is 0 Å². The van der Waals surface area contributed by atoms with Crippen LogP contribution in [0.15, 0.2) is 16.5 Å². The van der Waals surface area contributed by atoms with Crippen LogP contribution in [-0.2, 0) is 6.54 Å². The van der Waals surface area contributed by atoms with Gasteiger partial charge in [-0.1, -0.05) is 0 Å². The van der Waals surface area contributed by atoms with Crippen LogP contribution < -0.4 is 5.32 Å². The monoisotopic (exact) mass is 225 g/mol. The molecule has 1 aromatic rings. The molecule has 1 N–H and O–H groups in total. The maximum absolute atomic E-state index is 10.4. The SMILES string of the molecule is CN1CCC(NCc2ccc([N+](=O)[O-])o2)C1. The first-order valence-corrected chi connectivity index (χ1v) is 5.30. The number of furan rings is 1. The van der Waals surface area contributed by atoms with Gasteiger partial charge in [0.05, 0.1) is 12.6 Å². The number of hydrogen-bond donors (Lipinski definition) is 1. The number of nitro groups is 1. The number of hydrogen-bond acceptors (Lipinski definition) is 5. The van der Waals surface area contributed by atoms with Crippen LogP contribution in [0.2, 0.25) is 0 Å². The molecule has 0 radical (unpaired) electrons. The van der Waals surface area contributed by atoms with Crippen molar-refractivity contribution in [2.75, 3.05) is 20.1 Å². The Morgan fingerprint density at radius 3 is 3.06 bits per heavy atom. The van der Waals surface area contributed by atoms with E-state index in [1.807, 2.05) is 0 Å². The Balaban J connectivity index is 1.83. The lowest BCUT2D eigenvalue weighted by Gasteiger charge is -2.10. The minimum absolute atomic E-state index is 0.194. The van der Waals surface area contributed by atoms with Crippen LogP contribution in [0.25, 0.3) is 0 Å². The highest BCUT2D eigenvalue weighted by Crippen LogP contribution is 2.16. The van der Waals surface area contributed by atoms with Gasteiger partial charge >= 0.3 is 5.88 Å². The van der Waals surface area contributed by atoms with Crippen LogP contribution in [0.1, 0.15) is 12.2 Å². The summed E-state index contributed by atoms with van der Waals surface area (Å²) < 4.78 is 5.06. The van der Waals surface area contributed by atoms with Crippen molar-refractivity contribution in [2.45, 2.75) is 19.0 Å². The highest BCUT2D eigenvalue weighted by atomic mass is 16.6. The minimum Gasteiger partial charge on any atom is -0.404 e. The van der Waals surface area contributed by atoms with Crippen molar-refractivity contribution in [3.63, 3.8) is 0 Å². The van der Waals surface area contributed by atoms with Gasteiger partial charge in [0, 0.05) is 12.6 Å². The maximum atomic E-state index is 10.4. The molecule has 2 heterocycles. The first kappa shape index (κ1) is 11.1. The normalized spacial score (nSPS) is 21.4. The number of likely N-dealkylation sites (tertiary alicyclic amines) is 1. The molecule has 1 aliphatic heterocycles. The average molecular weight is 225 g/mol. The fourth-order valence-electron chi connectivity index (χ4n) is 1.91. The molecule has 0 aliphatic carbocycles. The Morgan fingerprint density at radius 2 is 2.50 bits per heavy atom. The fraction of sp³-hybridized carbons (Fsp3) is 0.600. The highest BCUT2D eigenvalue weighted by molar-refractivity contribution is 5.17. The molecule has 6 nitrogen and oxygen atoms in total. The van der Waals surface area contributed by atoms with Gasteiger partial charge in [-0.15, -0.1) is 0 Å². The summed E-state index contributed by atoms with van der Waals surface area (Å²) in [6, 6.07) is 3.48. The lowest BCUT2D eigenvalue weighted by atomic mass is 10.2. The summed E-state index contributed by atoms with van der Waals surface area (Å²) in [5, 5.41) is 13.7. The topological polar surface area (TPSA) is 71.5 Å². The van der Waals surface area contributed by atoms with Crippen LogP contribution in [0.3, 0.4) is 0 Å². The second-order valence-electron chi connectivity index (χ2n) is 4.13. The van der Waals surface area contributed by atoms with Crippen molar-refractivity contribution >= 4 is 5.88 Å². The molecule has 0 bridgehead atoms. The summed E-state index contributed by atoms with van der Waals surface area (Å²) in [6.07, 6.45) is 1.11. The summed E-state index contributed by atoms with van der Waals surface area (Å²) >= 11 is 0. The van der Waals surface area contributed by atoms with E-state index in [0.717, 1.165) is 19.5 Å². The van der Waals surface area contributed by atoms with Crippen molar-refractivity contribution < 1.29 is 9.34 Å². The summed E-state index contributed by atoms with van der Waals surface area (Å²) in [7, 11) is 2.08. The first-order chi connectivity index (χ1) is 7.65. The standard InChI is InChI=1S/C10H15N3O3/c1-12-5-4-8(7-12)11-6-9-2-3-10(16-9)13(14)15/h2-3,8,11H,4-7H2,1H3. The van der Waals surface area contributed by atoms with Gasteiger partial charge in [0.2, 0.25) is 0 Å². The third kappa shape index (κ3) is 2.59. The second-order valence-corrected chi connectivity index (χ2v) is 4.13. The smallest absolute Gasteiger partial charge is 0.404 e. The summed E-state index contributed by atoms with van der Waals surface area (Å²) in [5.41, 5.74) is 0. The number of likely N-dealkylation sites (N-methyl/N-ethyl adjacent to an activating group) is 1. The second kappa shape index (κ2) is 4.63. The van der Waals surface area contributed by atoms with Crippen molar-refractivity contribution in [1.29, 1.82) is 0 Å². The van der Waals surface area contributed by atoms with Gasteiger partial charge in [0.25, 0.3) is 0 Å². The van der Waals surface area contributed by atoms with E-state index in [9.17, 15) is 10.1 Å². The van der Waals surface area contributed by atoms with Gasteiger partial charge in [-0.3, -0.25) is 10.1 Å². The molecular weight excluding hydrogens is 210 g/mol. The summed E-state index contributed by atoms with van der Waals surface area (Å²) in [5.74, 6) is 0.418. The average Bonchev–Trinajstić information content (AvgIpc) is 2.83. The maximum Gasteiger partial charge on any atom is 0.433 e. The van der Waals surface area contributed by atoms with E-state index in [2.05, 4.69) is 17.3 Å². The number of nitrogens with zero attached hydrogens (tertiary/aromatic N) is 2. The van der Waals surface area contributed by atoms with E-state index in [1.54, 1.807) is 6.07 Å². The predicted molar refractivity (Wildman–Crippen MR) is 58.1 cm³/mol. The van der Waals surface area contributed by atoms with Crippen LogP contribution >= 0.6 is 0 Å². The van der Waals surface area contributed by atoms with E-state index in [0.29, 0.717) is 18.3 Å². The summed E-state index contributed by atoms with van der Waals surface area (Å²) in [4.78, 5) is 12.1. The Labute approximate surface area is 93.4 Å². The molecule has 1 aromatic heterocycles. The van der Waals surface area contributed by atoms with Crippen molar-refractivity contribution in [2.24, 2.45) is 0 Å². The van der Waals surface area contributed by atoms with Gasteiger partial charge in [-0.05, 0) is 26.1 Å². The molecule has 0 aromatic carbocycles. The predicted octanol–water partition coefficient (Wildman–Crippen LogP) is 0.981. The Morgan fingerprint density at radius 1 is 1.69 bits per heavy atom. The number of nitrogens with one attached hydrogen (secondary N) is 1. The third-order valence-electron chi connectivity index (χ3n) is 2.78. The van der Waals surface area contributed by atoms with Crippen LogP contribution in [0, 0.1) is 10.1 Å². The van der Waals surface area contributed by atoms with Gasteiger partial charge < -0.3 is 14.6 Å². The van der Waals surface area contributed by atoms with Crippen LogP contribution in [0.4, 0.5) is 5.88 Å². The first-order valence-electron chi connectivity index (χ1n) is 5.30. The van der Waals surface area contributed by atoms with E-state index < -0.39 is 4.92 Å². The molecular formula is C10H15N3O3. The van der Waals surface area contributed by atoms with Crippen molar-refractivity contribution in [1.82, 2.24) is 10.2 Å². The van der Waals surface area contributed by atoms with E-state index in [1.165, 1.54) is 6.07 Å². The van der Waals surface area contributed by atoms with Crippen molar-refractivity contribution in [3.8, 4) is 0 Å². The summed E-state index contributed by atoms with van der Waals surface area (Å²) in [6.45, 7) is 2.66. The van der Waals surface area contributed by atoms with Gasteiger partial charge in [0.1, 0.15) is 10.7 Å². The van der Waals surface area contributed by atoms with Crippen LogP contribution in [-0.4, -0.2) is 36.0 Å². The molecule has 2 rings (SSSR count). The van der Waals surface area contributed by atoms with Crippen LogP contribution in [0.5, 0.6) is 0 Å².